The molecule has 0 bridgehead atoms. The molecule has 1 amide bonds. The van der Waals surface area contributed by atoms with Crippen molar-refractivity contribution in [2.45, 2.75) is 6.42 Å². The highest BCUT2D eigenvalue weighted by Gasteiger charge is 2.08. The lowest BCUT2D eigenvalue weighted by molar-refractivity contribution is 0.0954. The predicted octanol–water partition coefficient (Wildman–Crippen LogP) is 2.21. The van der Waals surface area contributed by atoms with E-state index in [0.717, 1.165) is 11.4 Å². The van der Waals surface area contributed by atoms with Crippen molar-refractivity contribution >= 4 is 34.7 Å². The molecule has 100 valence electrons. The summed E-state index contributed by atoms with van der Waals surface area (Å²) in [5.74, 6) is 0.398. The number of hydrogen-bond acceptors (Lipinski definition) is 5. The largest absolute Gasteiger partial charge is 0.373 e. The second-order valence-electron chi connectivity index (χ2n) is 3.75. The fraction of sp³-hybridized carbons (Fsp3) is 0.250. The van der Waals surface area contributed by atoms with Crippen LogP contribution in [0.25, 0.3) is 0 Å². The Morgan fingerprint density at radius 2 is 2.32 bits per heavy atom. The van der Waals surface area contributed by atoms with Gasteiger partial charge in [-0.05, 0) is 12.1 Å². The van der Waals surface area contributed by atoms with E-state index in [9.17, 15) is 4.79 Å². The Morgan fingerprint density at radius 1 is 1.47 bits per heavy atom. The molecule has 0 aromatic carbocycles. The SMILES string of the molecule is CNc1cc(C(=O)NCCc2nccs2)cc(Cl)n1. The average molecular weight is 297 g/mol. The molecule has 2 N–H and O–H groups in total. The number of aromatic nitrogens is 2. The normalized spacial score (nSPS) is 10.2. The van der Waals surface area contributed by atoms with Gasteiger partial charge in [-0.1, -0.05) is 11.6 Å². The number of carbonyl (C=O) groups excluding carboxylic acids is 1. The van der Waals surface area contributed by atoms with Crippen LogP contribution < -0.4 is 10.6 Å². The van der Waals surface area contributed by atoms with Crippen LogP contribution >= 0.6 is 22.9 Å². The van der Waals surface area contributed by atoms with Gasteiger partial charge in [-0.3, -0.25) is 4.79 Å². The van der Waals surface area contributed by atoms with E-state index in [2.05, 4.69) is 20.6 Å². The molecule has 19 heavy (non-hydrogen) atoms. The van der Waals surface area contributed by atoms with Crippen LogP contribution in [-0.4, -0.2) is 29.5 Å². The van der Waals surface area contributed by atoms with Gasteiger partial charge in [0.2, 0.25) is 0 Å². The van der Waals surface area contributed by atoms with E-state index in [1.807, 2.05) is 5.38 Å². The van der Waals surface area contributed by atoms with Crippen molar-refractivity contribution < 1.29 is 4.79 Å². The average Bonchev–Trinajstić information content (AvgIpc) is 2.91. The van der Waals surface area contributed by atoms with Gasteiger partial charge >= 0.3 is 0 Å². The number of halogens is 1. The molecule has 0 fully saturated rings. The third-order valence-electron chi connectivity index (χ3n) is 2.42. The monoisotopic (exact) mass is 296 g/mol. The van der Waals surface area contributed by atoms with Gasteiger partial charge in [-0.2, -0.15) is 0 Å². The molecule has 0 unspecified atom stereocenters. The molecule has 2 heterocycles. The second-order valence-corrected chi connectivity index (χ2v) is 5.11. The molecule has 0 saturated carbocycles. The van der Waals surface area contributed by atoms with Crippen LogP contribution in [0.1, 0.15) is 15.4 Å². The van der Waals surface area contributed by atoms with Crippen molar-refractivity contribution in [3.05, 3.63) is 39.4 Å². The third kappa shape index (κ3) is 3.90. The van der Waals surface area contributed by atoms with Crippen LogP contribution in [-0.2, 0) is 6.42 Å². The minimum atomic E-state index is -0.169. The quantitative estimate of drug-likeness (QED) is 0.830. The number of thiazole rings is 1. The van der Waals surface area contributed by atoms with E-state index in [-0.39, 0.29) is 11.1 Å². The molecule has 0 spiro atoms. The second kappa shape index (κ2) is 6.49. The maximum absolute atomic E-state index is 12.0. The molecule has 0 atom stereocenters. The van der Waals surface area contributed by atoms with E-state index < -0.39 is 0 Å². The highest BCUT2D eigenvalue weighted by molar-refractivity contribution is 7.09. The van der Waals surface area contributed by atoms with Crippen LogP contribution in [0.5, 0.6) is 0 Å². The Hall–Kier alpha value is -1.66. The molecule has 0 saturated heterocycles. The number of pyridine rings is 1. The van der Waals surface area contributed by atoms with Crippen LogP contribution in [0.2, 0.25) is 5.15 Å². The first-order valence-electron chi connectivity index (χ1n) is 5.71. The van der Waals surface area contributed by atoms with Gasteiger partial charge < -0.3 is 10.6 Å². The standard InChI is InChI=1S/C12H13ClN4OS/c1-14-10-7-8(6-9(13)17-10)12(18)16-3-2-11-15-4-5-19-11/h4-7H,2-3H2,1H3,(H,14,17)(H,16,18). The minimum Gasteiger partial charge on any atom is -0.373 e. The van der Waals surface area contributed by atoms with Gasteiger partial charge in [-0.15, -0.1) is 11.3 Å². The Bertz CT molecular complexity index is 559. The summed E-state index contributed by atoms with van der Waals surface area (Å²) in [6, 6.07) is 3.20. The summed E-state index contributed by atoms with van der Waals surface area (Å²) in [6.07, 6.45) is 2.48. The highest BCUT2D eigenvalue weighted by atomic mass is 35.5. The molecule has 0 radical (unpaired) electrons. The summed E-state index contributed by atoms with van der Waals surface area (Å²) in [4.78, 5) is 20.1. The predicted molar refractivity (Wildman–Crippen MR) is 76.9 cm³/mol. The van der Waals surface area contributed by atoms with E-state index in [0.29, 0.717) is 17.9 Å². The van der Waals surface area contributed by atoms with Gasteiger partial charge in [0.25, 0.3) is 5.91 Å². The number of nitrogens with one attached hydrogen (secondary N) is 2. The van der Waals surface area contributed by atoms with Gasteiger partial charge in [0, 0.05) is 37.2 Å². The highest BCUT2D eigenvalue weighted by Crippen LogP contribution is 2.14. The van der Waals surface area contributed by atoms with Crippen molar-refractivity contribution in [3.63, 3.8) is 0 Å². The molecule has 2 aromatic heterocycles. The van der Waals surface area contributed by atoms with Gasteiger partial charge in [-0.25, -0.2) is 9.97 Å². The fourth-order valence-corrected chi connectivity index (χ4v) is 2.35. The van der Waals surface area contributed by atoms with E-state index in [1.54, 1.807) is 36.7 Å². The molecular weight excluding hydrogens is 284 g/mol. The van der Waals surface area contributed by atoms with Crippen molar-refractivity contribution in [1.29, 1.82) is 0 Å². The summed E-state index contributed by atoms with van der Waals surface area (Å²) < 4.78 is 0. The minimum absolute atomic E-state index is 0.169. The zero-order chi connectivity index (χ0) is 13.7. The number of hydrogen-bond donors (Lipinski definition) is 2. The Morgan fingerprint density at radius 3 is 3.00 bits per heavy atom. The molecule has 2 aromatic rings. The Balaban J connectivity index is 1.94. The topological polar surface area (TPSA) is 66.9 Å². The first kappa shape index (κ1) is 13.8. The number of anilines is 1. The maximum Gasteiger partial charge on any atom is 0.251 e. The number of carbonyl (C=O) groups is 1. The van der Waals surface area contributed by atoms with Gasteiger partial charge in [0.05, 0.1) is 5.01 Å². The van der Waals surface area contributed by atoms with Crippen molar-refractivity contribution in [1.82, 2.24) is 15.3 Å². The maximum atomic E-state index is 12.0. The van der Waals surface area contributed by atoms with Crippen molar-refractivity contribution in [3.8, 4) is 0 Å². The van der Waals surface area contributed by atoms with Crippen LogP contribution in [0.4, 0.5) is 5.82 Å². The molecular formula is C12H13ClN4OS. The third-order valence-corrected chi connectivity index (χ3v) is 3.45. The number of nitrogens with zero attached hydrogens (tertiary/aromatic N) is 2. The van der Waals surface area contributed by atoms with Crippen LogP contribution in [0.15, 0.2) is 23.7 Å². The molecule has 0 aliphatic carbocycles. The van der Waals surface area contributed by atoms with E-state index >= 15 is 0 Å². The lowest BCUT2D eigenvalue weighted by atomic mass is 10.2. The van der Waals surface area contributed by atoms with Gasteiger partial charge in [0.1, 0.15) is 11.0 Å². The first-order valence-corrected chi connectivity index (χ1v) is 6.96. The molecule has 0 aliphatic rings. The summed E-state index contributed by atoms with van der Waals surface area (Å²) >= 11 is 7.42. The summed E-state index contributed by atoms with van der Waals surface area (Å²) in [7, 11) is 1.73. The zero-order valence-corrected chi connectivity index (χ0v) is 11.9. The molecule has 5 nitrogen and oxygen atoms in total. The van der Waals surface area contributed by atoms with E-state index in [1.165, 1.54) is 0 Å². The summed E-state index contributed by atoms with van der Waals surface area (Å²) in [6.45, 7) is 0.543. The van der Waals surface area contributed by atoms with Gasteiger partial charge in [0.15, 0.2) is 0 Å². The number of amides is 1. The van der Waals surface area contributed by atoms with Crippen LogP contribution in [0.3, 0.4) is 0 Å². The Kier molecular flexibility index (Phi) is 4.70. The van der Waals surface area contributed by atoms with E-state index in [4.69, 9.17) is 11.6 Å². The fourth-order valence-electron chi connectivity index (χ4n) is 1.52. The molecule has 7 heteroatoms. The Labute approximate surface area is 120 Å². The lowest BCUT2D eigenvalue weighted by Gasteiger charge is -2.06. The zero-order valence-electron chi connectivity index (χ0n) is 10.3. The molecule has 0 aliphatic heterocycles. The first-order chi connectivity index (χ1) is 9.19. The smallest absolute Gasteiger partial charge is 0.251 e. The lowest BCUT2D eigenvalue weighted by Crippen LogP contribution is -2.25. The van der Waals surface area contributed by atoms with Crippen molar-refractivity contribution in [2.24, 2.45) is 0 Å². The van der Waals surface area contributed by atoms with Crippen molar-refractivity contribution in [2.75, 3.05) is 18.9 Å². The van der Waals surface area contributed by atoms with Crippen LogP contribution in [0, 0.1) is 0 Å². The molecule has 2 rings (SSSR count). The summed E-state index contributed by atoms with van der Waals surface area (Å²) in [5.41, 5.74) is 0.489. The summed E-state index contributed by atoms with van der Waals surface area (Å²) in [5, 5.41) is 8.90. The number of rotatable bonds is 5.